The molecule has 2 rings (SSSR count). The zero-order valence-electron chi connectivity index (χ0n) is 12.5. The Morgan fingerprint density at radius 2 is 2.09 bits per heavy atom. The van der Waals surface area contributed by atoms with E-state index in [1.165, 1.54) is 0 Å². The van der Waals surface area contributed by atoms with Crippen molar-refractivity contribution in [3.8, 4) is 0 Å². The molecule has 0 saturated heterocycles. The van der Waals surface area contributed by atoms with E-state index in [-0.39, 0.29) is 24.0 Å². The second-order valence-electron chi connectivity index (χ2n) is 4.42. The van der Waals surface area contributed by atoms with Crippen LogP contribution >= 0.6 is 35.6 Å². The van der Waals surface area contributed by atoms with E-state index < -0.39 is 0 Å². The first kappa shape index (κ1) is 18.7. The third-order valence-electron chi connectivity index (χ3n) is 2.85. The van der Waals surface area contributed by atoms with E-state index in [0.717, 1.165) is 23.6 Å². The van der Waals surface area contributed by atoms with Gasteiger partial charge < -0.3 is 15.2 Å². The van der Waals surface area contributed by atoms with Crippen molar-refractivity contribution in [2.24, 2.45) is 4.99 Å². The number of aliphatic imine (C=N–C) groups is 1. The van der Waals surface area contributed by atoms with Crippen LogP contribution in [0.3, 0.4) is 0 Å². The quantitative estimate of drug-likeness (QED) is 0.429. The number of rotatable bonds is 5. The molecule has 2 N–H and O–H groups in total. The van der Waals surface area contributed by atoms with E-state index in [1.807, 2.05) is 24.3 Å². The first-order valence-corrected chi connectivity index (χ1v) is 7.04. The third kappa shape index (κ3) is 5.80. The van der Waals surface area contributed by atoms with Crippen LogP contribution in [-0.4, -0.2) is 29.7 Å². The van der Waals surface area contributed by atoms with Gasteiger partial charge in [0.2, 0.25) is 5.89 Å². The van der Waals surface area contributed by atoms with Crippen LogP contribution in [0.1, 0.15) is 17.3 Å². The lowest BCUT2D eigenvalue weighted by Gasteiger charge is -2.11. The van der Waals surface area contributed by atoms with Gasteiger partial charge in [0.25, 0.3) is 0 Å². The summed E-state index contributed by atoms with van der Waals surface area (Å²) in [6.07, 6.45) is 0.821. The molecule has 6 nitrogen and oxygen atoms in total. The van der Waals surface area contributed by atoms with Crippen molar-refractivity contribution in [2.45, 2.75) is 19.9 Å². The van der Waals surface area contributed by atoms with Gasteiger partial charge in [-0.2, -0.15) is 4.98 Å². The van der Waals surface area contributed by atoms with Gasteiger partial charge in [0, 0.05) is 25.5 Å². The molecule has 1 aromatic carbocycles. The minimum Gasteiger partial charge on any atom is -0.356 e. The van der Waals surface area contributed by atoms with Crippen molar-refractivity contribution in [3.05, 3.63) is 46.6 Å². The largest absolute Gasteiger partial charge is 0.356 e. The maximum atomic E-state index is 6.12. The van der Waals surface area contributed by atoms with Gasteiger partial charge in [0.05, 0.1) is 6.54 Å². The molecular weight excluding hydrogens is 417 g/mol. The standard InChI is InChI=1S/C14H18ClN5O.HI/c1-10-19-13(20-21-10)9-18-14(16-2)17-8-7-11-5-3-4-6-12(11)15;/h3-6H,7-9H2,1-2H3,(H2,16,17,18);1H. The Morgan fingerprint density at radius 3 is 2.73 bits per heavy atom. The number of benzene rings is 1. The summed E-state index contributed by atoms with van der Waals surface area (Å²) in [5.74, 6) is 1.83. The highest BCUT2D eigenvalue weighted by Gasteiger charge is 2.04. The van der Waals surface area contributed by atoms with E-state index in [9.17, 15) is 0 Å². The summed E-state index contributed by atoms with van der Waals surface area (Å²) >= 11 is 6.12. The lowest BCUT2D eigenvalue weighted by molar-refractivity contribution is 0.387. The van der Waals surface area contributed by atoms with Crippen LogP contribution in [0.25, 0.3) is 0 Å². The van der Waals surface area contributed by atoms with Gasteiger partial charge in [-0.15, -0.1) is 24.0 Å². The van der Waals surface area contributed by atoms with E-state index in [2.05, 4.69) is 25.8 Å². The number of nitrogens with zero attached hydrogens (tertiary/aromatic N) is 3. The highest BCUT2D eigenvalue weighted by Crippen LogP contribution is 2.14. The number of guanidine groups is 1. The summed E-state index contributed by atoms with van der Waals surface area (Å²) in [7, 11) is 1.71. The molecule has 1 heterocycles. The van der Waals surface area contributed by atoms with Crippen LogP contribution in [-0.2, 0) is 13.0 Å². The molecule has 0 bridgehead atoms. The second-order valence-corrected chi connectivity index (χ2v) is 4.83. The summed E-state index contributed by atoms with van der Waals surface area (Å²) in [5.41, 5.74) is 1.11. The fraction of sp³-hybridized carbons (Fsp3) is 0.357. The Hall–Kier alpha value is -1.35. The first-order valence-electron chi connectivity index (χ1n) is 6.66. The van der Waals surface area contributed by atoms with E-state index >= 15 is 0 Å². The van der Waals surface area contributed by atoms with Crippen molar-refractivity contribution in [1.82, 2.24) is 20.8 Å². The molecule has 0 amide bonds. The Kier molecular flexibility index (Phi) is 8.18. The summed E-state index contributed by atoms with van der Waals surface area (Å²) in [5, 5.41) is 10.9. The number of aromatic nitrogens is 2. The summed E-state index contributed by atoms with van der Waals surface area (Å²) in [4.78, 5) is 8.25. The molecule has 0 aliphatic heterocycles. The smallest absolute Gasteiger partial charge is 0.223 e. The first-order chi connectivity index (χ1) is 10.2. The molecule has 22 heavy (non-hydrogen) atoms. The molecule has 0 unspecified atom stereocenters. The molecular formula is C14H19ClIN5O. The molecule has 0 spiro atoms. The lowest BCUT2D eigenvalue weighted by atomic mass is 10.1. The summed E-state index contributed by atoms with van der Waals surface area (Å²) in [6, 6.07) is 7.81. The average Bonchev–Trinajstić information content (AvgIpc) is 2.90. The number of halogens is 2. The monoisotopic (exact) mass is 435 g/mol. The minimum absolute atomic E-state index is 0. The van der Waals surface area contributed by atoms with E-state index in [1.54, 1.807) is 14.0 Å². The number of hydrogen-bond donors (Lipinski definition) is 2. The van der Waals surface area contributed by atoms with Gasteiger partial charge in [0.1, 0.15) is 0 Å². The maximum Gasteiger partial charge on any atom is 0.223 e. The topological polar surface area (TPSA) is 75.3 Å². The molecule has 120 valence electrons. The second kappa shape index (κ2) is 9.62. The summed E-state index contributed by atoms with van der Waals surface area (Å²) in [6.45, 7) is 2.95. The zero-order valence-corrected chi connectivity index (χ0v) is 15.6. The lowest BCUT2D eigenvalue weighted by Crippen LogP contribution is -2.38. The minimum atomic E-state index is 0. The van der Waals surface area contributed by atoms with Crippen LogP contribution in [0.5, 0.6) is 0 Å². The average molecular weight is 436 g/mol. The highest BCUT2D eigenvalue weighted by atomic mass is 127. The predicted molar refractivity (Wildman–Crippen MR) is 97.8 cm³/mol. The van der Waals surface area contributed by atoms with Crippen LogP contribution in [0, 0.1) is 6.92 Å². The third-order valence-corrected chi connectivity index (χ3v) is 3.22. The van der Waals surface area contributed by atoms with Crippen LogP contribution < -0.4 is 10.6 Å². The normalized spacial score (nSPS) is 11.0. The van der Waals surface area contributed by atoms with Crippen molar-refractivity contribution < 1.29 is 4.52 Å². The van der Waals surface area contributed by atoms with Crippen LogP contribution in [0.2, 0.25) is 5.02 Å². The molecule has 2 aromatic rings. The molecule has 0 saturated carbocycles. The molecule has 8 heteroatoms. The predicted octanol–water partition coefficient (Wildman–Crippen LogP) is 2.56. The number of nitrogens with one attached hydrogen (secondary N) is 2. The van der Waals surface area contributed by atoms with Crippen molar-refractivity contribution >= 4 is 41.5 Å². The fourth-order valence-corrected chi connectivity index (χ4v) is 2.04. The molecule has 0 atom stereocenters. The van der Waals surface area contributed by atoms with Crippen molar-refractivity contribution in [1.29, 1.82) is 0 Å². The zero-order chi connectivity index (χ0) is 15.1. The molecule has 0 aliphatic rings. The van der Waals surface area contributed by atoms with Crippen LogP contribution in [0.4, 0.5) is 0 Å². The van der Waals surface area contributed by atoms with Gasteiger partial charge in [-0.3, -0.25) is 4.99 Å². The van der Waals surface area contributed by atoms with Gasteiger partial charge in [-0.1, -0.05) is 35.0 Å². The van der Waals surface area contributed by atoms with Crippen molar-refractivity contribution in [2.75, 3.05) is 13.6 Å². The molecule has 0 aliphatic carbocycles. The van der Waals surface area contributed by atoms with Gasteiger partial charge >= 0.3 is 0 Å². The Balaban J connectivity index is 0.00000242. The Morgan fingerprint density at radius 1 is 1.32 bits per heavy atom. The summed E-state index contributed by atoms with van der Waals surface area (Å²) < 4.78 is 4.91. The molecule has 0 fully saturated rings. The number of aryl methyl sites for hydroxylation is 1. The molecule has 0 radical (unpaired) electrons. The van der Waals surface area contributed by atoms with Gasteiger partial charge in [-0.05, 0) is 18.1 Å². The van der Waals surface area contributed by atoms with Crippen LogP contribution in [0.15, 0.2) is 33.8 Å². The van der Waals surface area contributed by atoms with Gasteiger partial charge in [0.15, 0.2) is 11.8 Å². The van der Waals surface area contributed by atoms with Gasteiger partial charge in [-0.25, -0.2) is 0 Å². The maximum absolute atomic E-state index is 6.12. The van der Waals surface area contributed by atoms with Crippen molar-refractivity contribution in [3.63, 3.8) is 0 Å². The van der Waals surface area contributed by atoms with E-state index in [4.69, 9.17) is 16.1 Å². The van der Waals surface area contributed by atoms with E-state index in [0.29, 0.717) is 24.2 Å². The Labute approximate surface area is 151 Å². The number of hydrogen-bond acceptors (Lipinski definition) is 4. The SMILES string of the molecule is CN=C(NCCc1ccccc1Cl)NCc1noc(C)n1.I. The molecule has 1 aromatic heterocycles. The fourth-order valence-electron chi connectivity index (χ4n) is 1.81. The highest BCUT2D eigenvalue weighted by molar-refractivity contribution is 14.0. The Bertz CT molecular complexity index is 617.